The van der Waals surface area contributed by atoms with Crippen molar-refractivity contribution in [1.29, 1.82) is 5.41 Å². The number of nitrogens with zero attached hydrogens (tertiary/aromatic N) is 2. The maximum absolute atomic E-state index is 15.2. The quantitative estimate of drug-likeness (QED) is 0.368. The highest BCUT2D eigenvalue weighted by Gasteiger charge is 2.34. The smallest absolute Gasteiger partial charge is 0.341 e. The number of methoxy groups -OCH3 is 2. The number of amidine groups is 1. The second-order valence-electron chi connectivity index (χ2n) is 11.1. The van der Waals surface area contributed by atoms with E-state index in [1.54, 1.807) is 18.2 Å². The number of carboxylic acids is 1. The maximum atomic E-state index is 15.2. The van der Waals surface area contributed by atoms with Gasteiger partial charge in [0.1, 0.15) is 11.6 Å². The van der Waals surface area contributed by atoms with Crippen molar-refractivity contribution in [2.45, 2.75) is 58.5 Å². The van der Waals surface area contributed by atoms with Gasteiger partial charge in [-0.05, 0) is 48.9 Å². The topological polar surface area (TPSA) is 112 Å². The first-order valence-corrected chi connectivity index (χ1v) is 13.0. The summed E-state index contributed by atoms with van der Waals surface area (Å²) >= 11 is 0. The number of Topliss-reactive ketones (excluding diaryl/α,β-unsaturated/α-hetero) is 1. The Kier molecular flexibility index (Phi) is 9.39. The highest BCUT2D eigenvalue weighted by Crippen LogP contribution is 2.43. The molecule has 40 heavy (non-hydrogen) atoms. The average Bonchev–Trinajstić information content (AvgIpc) is 3.43. The predicted molar refractivity (Wildman–Crippen MR) is 156 cm³/mol. The third-order valence-corrected chi connectivity index (χ3v) is 7.34. The lowest BCUT2D eigenvalue weighted by atomic mass is 9.84. The molecule has 218 valence electrons. The number of rotatable bonds is 9. The average molecular weight is 623 g/mol. The van der Waals surface area contributed by atoms with Crippen LogP contribution < -0.4 is 19.1 Å². The van der Waals surface area contributed by atoms with Gasteiger partial charge in [-0.2, -0.15) is 0 Å². The number of ketones is 1. The SMILES string of the molecule is Br.COc1cc2c(c(F)c1OC)C(=N)N(CC(=O)c1cc(N3CCCC3C)c(OCC(=O)O)c(C(C)(C)C)c1)C2. The lowest BCUT2D eigenvalue weighted by Gasteiger charge is -2.31. The number of carboxylic acid groups (broad SMARTS) is 1. The minimum atomic E-state index is -1.08. The highest BCUT2D eigenvalue weighted by atomic mass is 79.9. The van der Waals surface area contributed by atoms with Crippen LogP contribution in [-0.4, -0.2) is 67.6 Å². The molecule has 0 aromatic heterocycles. The fourth-order valence-electron chi connectivity index (χ4n) is 5.35. The van der Waals surface area contributed by atoms with Crippen molar-refractivity contribution in [3.63, 3.8) is 0 Å². The Bertz CT molecular complexity index is 1330. The third-order valence-electron chi connectivity index (χ3n) is 7.34. The van der Waals surface area contributed by atoms with E-state index in [1.807, 2.05) is 20.8 Å². The number of hydrogen-bond donors (Lipinski definition) is 2. The third kappa shape index (κ3) is 5.89. The Labute approximate surface area is 244 Å². The highest BCUT2D eigenvalue weighted by molar-refractivity contribution is 8.93. The van der Waals surface area contributed by atoms with E-state index in [-0.39, 0.29) is 64.8 Å². The van der Waals surface area contributed by atoms with Crippen LogP contribution in [0.25, 0.3) is 0 Å². The number of fused-ring (bicyclic) bond motifs is 1. The van der Waals surface area contributed by atoms with Crippen molar-refractivity contribution >= 4 is 40.3 Å². The molecule has 2 aliphatic rings. The molecule has 1 unspecified atom stereocenters. The maximum Gasteiger partial charge on any atom is 0.341 e. The van der Waals surface area contributed by atoms with Crippen molar-refractivity contribution in [3.8, 4) is 17.2 Å². The number of benzene rings is 2. The van der Waals surface area contributed by atoms with Gasteiger partial charge in [-0.3, -0.25) is 10.2 Å². The van der Waals surface area contributed by atoms with E-state index in [1.165, 1.54) is 19.1 Å². The molecule has 0 amide bonds. The normalized spacial score (nSPS) is 16.5. The first kappa shape index (κ1) is 31.2. The number of ether oxygens (including phenoxy) is 3. The van der Waals surface area contributed by atoms with Crippen molar-refractivity contribution in [2.24, 2.45) is 0 Å². The predicted octanol–water partition coefficient (Wildman–Crippen LogP) is 5.19. The zero-order valence-electron chi connectivity index (χ0n) is 23.7. The molecule has 0 aliphatic carbocycles. The molecule has 2 heterocycles. The molecule has 0 bridgehead atoms. The Hall–Kier alpha value is -3.34. The molecule has 0 spiro atoms. The lowest BCUT2D eigenvalue weighted by Crippen LogP contribution is -2.32. The van der Waals surface area contributed by atoms with Crippen LogP contribution in [0.4, 0.5) is 10.1 Å². The van der Waals surface area contributed by atoms with E-state index in [2.05, 4.69) is 11.8 Å². The molecule has 4 rings (SSSR count). The molecule has 9 nitrogen and oxygen atoms in total. The molecular weight excluding hydrogens is 585 g/mol. The molecule has 2 aliphatic heterocycles. The van der Waals surface area contributed by atoms with E-state index < -0.39 is 23.8 Å². The van der Waals surface area contributed by atoms with Gasteiger partial charge < -0.3 is 29.1 Å². The van der Waals surface area contributed by atoms with Gasteiger partial charge in [-0.15, -0.1) is 17.0 Å². The van der Waals surface area contributed by atoms with Gasteiger partial charge in [0, 0.05) is 30.3 Å². The molecule has 0 radical (unpaired) electrons. The van der Waals surface area contributed by atoms with E-state index in [0.717, 1.165) is 24.9 Å². The van der Waals surface area contributed by atoms with E-state index >= 15 is 4.39 Å². The molecule has 1 saturated heterocycles. The molecule has 1 fully saturated rings. The van der Waals surface area contributed by atoms with Crippen molar-refractivity contribution < 1.29 is 33.3 Å². The second kappa shape index (κ2) is 12.0. The summed E-state index contributed by atoms with van der Waals surface area (Å²) in [7, 11) is 2.75. The fourth-order valence-corrected chi connectivity index (χ4v) is 5.35. The number of carbonyl (C=O) groups excluding carboxylic acids is 1. The molecule has 0 saturated carbocycles. The number of hydrogen-bond acceptors (Lipinski definition) is 7. The monoisotopic (exact) mass is 621 g/mol. The van der Waals surface area contributed by atoms with Crippen LogP contribution in [0.1, 0.15) is 67.6 Å². The number of anilines is 1. The largest absolute Gasteiger partial charge is 0.493 e. The van der Waals surface area contributed by atoms with Gasteiger partial charge in [-0.1, -0.05) is 20.8 Å². The molecule has 11 heteroatoms. The lowest BCUT2D eigenvalue weighted by molar-refractivity contribution is -0.139. The Morgan fingerprint density at radius 1 is 1.15 bits per heavy atom. The summed E-state index contributed by atoms with van der Waals surface area (Å²) in [4.78, 5) is 28.7. The van der Waals surface area contributed by atoms with Crippen LogP contribution in [-0.2, 0) is 16.8 Å². The summed E-state index contributed by atoms with van der Waals surface area (Å²) in [5.74, 6) is -1.48. The van der Waals surface area contributed by atoms with Gasteiger partial charge in [0.25, 0.3) is 0 Å². The van der Waals surface area contributed by atoms with Crippen LogP contribution in [0, 0.1) is 11.2 Å². The van der Waals surface area contributed by atoms with Crippen LogP contribution in [0.5, 0.6) is 17.2 Å². The zero-order chi connectivity index (χ0) is 28.6. The Balaban J connectivity index is 0.00000441. The van der Waals surface area contributed by atoms with Crippen LogP contribution in [0.15, 0.2) is 18.2 Å². The Morgan fingerprint density at radius 2 is 1.85 bits per heavy atom. The van der Waals surface area contributed by atoms with Gasteiger partial charge in [0.2, 0.25) is 0 Å². The summed E-state index contributed by atoms with van der Waals surface area (Å²) in [6, 6.07) is 5.35. The first-order chi connectivity index (χ1) is 18.4. The molecular formula is C29H37BrFN3O6. The van der Waals surface area contributed by atoms with E-state index in [9.17, 15) is 14.7 Å². The zero-order valence-corrected chi connectivity index (χ0v) is 25.4. The number of halogens is 2. The van der Waals surface area contributed by atoms with Crippen LogP contribution in [0.2, 0.25) is 0 Å². The Morgan fingerprint density at radius 3 is 2.40 bits per heavy atom. The summed E-state index contributed by atoms with van der Waals surface area (Å²) in [6.45, 7) is 8.37. The minimum Gasteiger partial charge on any atom is -0.493 e. The van der Waals surface area contributed by atoms with Crippen molar-refractivity contribution in [1.82, 2.24) is 4.90 Å². The fraction of sp³-hybridized carbons (Fsp3) is 0.483. The van der Waals surface area contributed by atoms with Gasteiger partial charge >= 0.3 is 5.97 Å². The number of carbonyl (C=O) groups is 2. The van der Waals surface area contributed by atoms with Crippen molar-refractivity contribution in [3.05, 3.63) is 46.3 Å². The minimum absolute atomic E-state index is 0. The van der Waals surface area contributed by atoms with E-state index in [0.29, 0.717) is 22.6 Å². The van der Waals surface area contributed by atoms with Crippen molar-refractivity contribution in [2.75, 3.05) is 38.8 Å². The van der Waals surface area contributed by atoms with Gasteiger partial charge in [0.05, 0.1) is 32.0 Å². The summed E-state index contributed by atoms with van der Waals surface area (Å²) in [6.07, 6.45) is 1.95. The first-order valence-electron chi connectivity index (χ1n) is 13.0. The number of nitrogens with one attached hydrogen (secondary N) is 1. The molecule has 1 atom stereocenters. The summed E-state index contributed by atoms with van der Waals surface area (Å²) < 4.78 is 31.4. The second-order valence-corrected chi connectivity index (χ2v) is 11.1. The van der Waals surface area contributed by atoms with Gasteiger partial charge in [-0.25, -0.2) is 9.18 Å². The van der Waals surface area contributed by atoms with Gasteiger partial charge in [0.15, 0.2) is 29.7 Å². The van der Waals surface area contributed by atoms with Crippen LogP contribution in [0.3, 0.4) is 0 Å². The molecule has 2 aromatic rings. The summed E-state index contributed by atoms with van der Waals surface area (Å²) in [5, 5.41) is 17.9. The standard InChI is InChI=1S/C29H36FN3O6.BrH/c1-16-8-7-9-33(16)20-11-17(10-19(29(2,3)4)26(20)39-15-23(35)36)21(34)14-32-13-18-12-22(37-5)27(38-6)25(30)24(18)28(32)31;/h10-12,16,31H,7-9,13-15H2,1-6H3,(H,35,36);1H. The number of aliphatic carboxylic acids is 1. The van der Waals surface area contributed by atoms with Crippen LogP contribution >= 0.6 is 17.0 Å². The summed E-state index contributed by atoms with van der Waals surface area (Å²) in [5.41, 5.74) is 2.04. The molecule has 2 aromatic carbocycles. The van der Waals surface area contributed by atoms with E-state index in [4.69, 9.17) is 19.6 Å². The molecule has 2 N–H and O–H groups in total.